The van der Waals surface area contributed by atoms with Crippen molar-refractivity contribution >= 4 is 27.4 Å². The molecule has 0 atom stereocenters. The summed E-state index contributed by atoms with van der Waals surface area (Å²) in [4.78, 5) is 11.6. The molecule has 0 fully saturated rings. The van der Waals surface area contributed by atoms with Gasteiger partial charge in [-0.25, -0.2) is 9.97 Å². The summed E-state index contributed by atoms with van der Waals surface area (Å²) in [5.41, 5.74) is -0.733. The summed E-state index contributed by atoms with van der Waals surface area (Å²) in [5, 5.41) is 13.0. The lowest BCUT2D eigenvalue weighted by Gasteiger charge is -2.29. The molecule has 0 radical (unpaired) electrons. The molecule has 1 N–H and O–H groups in total. The van der Waals surface area contributed by atoms with E-state index in [-0.39, 0.29) is 0 Å². The maximum absolute atomic E-state index is 9.92. The van der Waals surface area contributed by atoms with Crippen LogP contribution in [0.15, 0.2) is 17.8 Å². The van der Waals surface area contributed by atoms with Crippen LogP contribution in [0.2, 0.25) is 0 Å². The fourth-order valence-corrected chi connectivity index (χ4v) is 2.56. The maximum atomic E-state index is 9.92. The quantitative estimate of drug-likeness (QED) is 0.905. The zero-order chi connectivity index (χ0) is 12.5. The first-order valence-electron chi connectivity index (χ1n) is 5.67. The second-order valence-corrected chi connectivity index (χ2v) is 5.56. The summed E-state index contributed by atoms with van der Waals surface area (Å²) >= 11 is 1.61. The minimum absolute atomic E-state index is 0.561. The molecule has 5 heteroatoms. The Balaban J connectivity index is 2.39. The number of likely N-dealkylation sites (N-methyl/N-ethyl adjacent to an activating group) is 1. The number of thiophene rings is 1. The van der Waals surface area contributed by atoms with Crippen LogP contribution in [0, 0.1) is 0 Å². The molecule has 0 saturated heterocycles. The van der Waals surface area contributed by atoms with Crippen molar-refractivity contribution < 1.29 is 5.11 Å². The molecule has 2 aromatic rings. The van der Waals surface area contributed by atoms with Gasteiger partial charge in [0, 0.05) is 13.1 Å². The standard InChI is InChI=1S/C12H17N3OS/c1-4-15(7-12(2,3)16)10-9-5-6-17-11(9)14-8-13-10/h5-6,8,16H,4,7H2,1-3H3. The van der Waals surface area contributed by atoms with E-state index in [0.29, 0.717) is 6.54 Å². The van der Waals surface area contributed by atoms with Crippen molar-refractivity contribution in [3.8, 4) is 0 Å². The van der Waals surface area contributed by atoms with E-state index in [4.69, 9.17) is 0 Å². The monoisotopic (exact) mass is 251 g/mol. The molecule has 17 heavy (non-hydrogen) atoms. The van der Waals surface area contributed by atoms with Gasteiger partial charge < -0.3 is 10.0 Å². The first-order chi connectivity index (χ1) is 8.01. The number of hydrogen-bond donors (Lipinski definition) is 1. The molecule has 0 unspecified atom stereocenters. The number of hydrogen-bond acceptors (Lipinski definition) is 5. The van der Waals surface area contributed by atoms with E-state index in [9.17, 15) is 5.11 Å². The SMILES string of the molecule is CCN(CC(C)(C)O)c1ncnc2sccc12. The first-order valence-corrected chi connectivity index (χ1v) is 6.55. The molecule has 2 heterocycles. The van der Waals surface area contributed by atoms with Crippen LogP contribution in [0.3, 0.4) is 0 Å². The summed E-state index contributed by atoms with van der Waals surface area (Å²) in [6.07, 6.45) is 1.58. The summed E-state index contributed by atoms with van der Waals surface area (Å²) in [6, 6.07) is 2.03. The molecular formula is C12H17N3OS. The van der Waals surface area contributed by atoms with Crippen LogP contribution in [-0.4, -0.2) is 33.8 Å². The topological polar surface area (TPSA) is 49.2 Å². The van der Waals surface area contributed by atoms with Crippen LogP contribution in [0.25, 0.3) is 10.2 Å². The van der Waals surface area contributed by atoms with E-state index >= 15 is 0 Å². The Morgan fingerprint density at radius 3 is 2.82 bits per heavy atom. The second-order valence-electron chi connectivity index (χ2n) is 4.66. The van der Waals surface area contributed by atoms with Crippen molar-refractivity contribution in [2.45, 2.75) is 26.4 Å². The van der Waals surface area contributed by atoms with Gasteiger partial charge in [0.1, 0.15) is 17.0 Å². The zero-order valence-electron chi connectivity index (χ0n) is 10.3. The molecular weight excluding hydrogens is 234 g/mol. The molecule has 0 spiro atoms. The second kappa shape index (κ2) is 4.58. The van der Waals surface area contributed by atoms with Crippen molar-refractivity contribution in [2.75, 3.05) is 18.0 Å². The smallest absolute Gasteiger partial charge is 0.140 e. The lowest BCUT2D eigenvalue weighted by Crippen LogP contribution is -2.39. The highest BCUT2D eigenvalue weighted by Gasteiger charge is 2.20. The van der Waals surface area contributed by atoms with Gasteiger partial charge in [-0.15, -0.1) is 11.3 Å². The third kappa shape index (κ3) is 2.73. The van der Waals surface area contributed by atoms with Gasteiger partial charge in [0.25, 0.3) is 0 Å². The Hall–Kier alpha value is -1.20. The van der Waals surface area contributed by atoms with Gasteiger partial charge in [0.05, 0.1) is 11.0 Å². The molecule has 0 aromatic carbocycles. The molecule has 0 aliphatic heterocycles. The summed E-state index contributed by atoms with van der Waals surface area (Å²) in [5.74, 6) is 0.904. The summed E-state index contributed by atoms with van der Waals surface area (Å²) in [6.45, 7) is 7.05. The van der Waals surface area contributed by atoms with Gasteiger partial charge >= 0.3 is 0 Å². The van der Waals surface area contributed by atoms with E-state index in [1.54, 1.807) is 17.7 Å². The fourth-order valence-electron chi connectivity index (χ4n) is 1.83. The average Bonchev–Trinajstić information content (AvgIpc) is 2.72. The Kier molecular flexibility index (Phi) is 3.31. The van der Waals surface area contributed by atoms with Crippen molar-refractivity contribution in [2.24, 2.45) is 0 Å². The van der Waals surface area contributed by atoms with Gasteiger partial charge in [-0.05, 0) is 32.2 Å². The number of rotatable bonds is 4. The predicted octanol–water partition coefficient (Wildman–Crippen LogP) is 2.29. The first kappa shape index (κ1) is 12.3. The van der Waals surface area contributed by atoms with E-state index in [1.165, 1.54) is 0 Å². The predicted molar refractivity (Wildman–Crippen MR) is 71.6 cm³/mol. The normalized spacial score (nSPS) is 12.0. The Bertz CT molecular complexity index is 504. The highest BCUT2D eigenvalue weighted by Crippen LogP contribution is 2.27. The molecule has 92 valence electrons. The Morgan fingerprint density at radius 1 is 1.41 bits per heavy atom. The van der Waals surface area contributed by atoms with Crippen LogP contribution < -0.4 is 4.90 Å². The van der Waals surface area contributed by atoms with Crippen LogP contribution in [0.1, 0.15) is 20.8 Å². The van der Waals surface area contributed by atoms with Gasteiger partial charge in [-0.2, -0.15) is 0 Å². The molecule has 0 aliphatic carbocycles. The molecule has 0 aliphatic rings. The van der Waals surface area contributed by atoms with Gasteiger partial charge in [-0.3, -0.25) is 0 Å². The van der Waals surface area contributed by atoms with Crippen molar-refractivity contribution in [1.29, 1.82) is 0 Å². The minimum atomic E-state index is -0.733. The summed E-state index contributed by atoms with van der Waals surface area (Å²) in [7, 11) is 0. The van der Waals surface area contributed by atoms with Crippen molar-refractivity contribution in [1.82, 2.24) is 9.97 Å². The number of aromatic nitrogens is 2. The molecule has 0 saturated carbocycles. The van der Waals surface area contributed by atoms with Gasteiger partial charge in [0.2, 0.25) is 0 Å². The summed E-state index contributed by atoms with van der Waals surface area (Å²) < 4.78 is 0. The van der Waals surface area contributed by atoms with Crippen LogP contribution >= 0.6 is 11.3 Å². The molecule has 0 amide bonds. The maximum Gasteiger partial charge on any atom is 0.140 e. The third-order valence-electron chi connectivity index (χ3n) is 2.50. The fraction of sp³-hybridized carbons (Fsp3) is 0.500. The lowest BCUT2D eigenvalue weighted by molar-refractivity contribution is 0.0875. The number of aliphatic hydroxyl groups is 1. The Labute approximate surface area is 105 Å². The van der Waals surface area contributed by atoms with Gasteiger partial charge in [0.15, 0.2) is 0 Å². The molecule has 2 aromatic heterocycles. The van der Waals surface area contributed by atoms with E-state index in [0.717, 1.165) is 22.6 Å². The number of anilines is 1. The molecule has 0 bridgehead atoms. The largest absolute Gasteiger partial charge is 0.389 e. The number of nitrogens with zero attached hydrogens (tertiary/aromatic N) is 3. The average molecular weight is 251 g/mol. The number of fused-ring (bicyclic) bond motifs is 1. The minimum Gasteiger partial charge on any atom is -0.389 e. The van der Waals surface area contributed by atoms with Crippen LogP contribution in [-0.2, 0) is 0 Å². The highest BCUT2D eigenvalue weighted by atomic mass is 32.1. The highest BCUT2D eigenvalue weighted by molar-refractivity contribution is 7.16. The Morgan fingerprint density at radius 2 is 2.18 bits per heavy atom. The van der Waals surface area contributed by atoms with Crippen molar-refractivity contribution in [3.05, 3.63) is 17.8 Å². The van der Waals surface area contributed by atoms with E-state index in [2.05, 4.69) is 21.8 Å². The third-order valence-corrected chi connectivity index (χ3v) is 3.32. The zero-order valence-corrected chi connectivity index (χ0v) is 11.2. The van der Waals surface area contributed by atoms with Gasteiger partial charge in [-0.1, -0.05) is 0 Å². The van der Waals surface area contributed by atoms with E-state index < -0.39 is 5.60 Å². The van der Waals surface area contributed by atoms with Crippen molar-refractivity contribution in [3.63, 3.8) is 0 Å². The van der Waals surface area contributed by atoms with Crippen LogP contribution in [0.5, 0.6) is 0 Å². The molecule has 4 nitrogen and oxygen atoms in total. The molecule has 2 rings (SSSR count). The van der Waals surface area contributed by atoms with E-state index in [1.807, 2.05) is 25.3 Å². The lowest BCUT2D eigenvalue weighted by atomic mass is 10.1. The van der Waals surface area contributed by atoms with Crippen LogP contribution in [0.4, 0.5) is 5.82 Å².